The Labute approximate surface area is 158 Å². The minimum atomic E-state index is -0.400. The molecule has 1 atom stereocenters. The third-order valence-corrected chi connectivity index (χ3v) is 5.55. The van der Waals surface area contributed by atoms with E-state index in [1.165, 1.54) is 11.8 Å². The van der Waals surface area contributed by atoms with Gasteiger partial charge in [0.05, 0.1) is 12.7 Å². The molecule has 1 aliphatic rings. The van der Waals surface area contributed by atoms with E-state index in [4.69, 9.17) is 4.74 Å². The lowest BCUT2D eigenvalue weighted by molar-refractivity contribution is -0.116. The van der Waals surface area contributed by atoms with E-state index in [1.807, 2.05) is 32.2 Å². The summed E-state index contributed by atoms with van der Waals surface area (Å²) in [6.07, 6.45) is 0.178. The average Bonchev–Trinajstić information content (AvgIpc) is 2.58. The lowest BCUT2D eigenvalue weighted by Gasteiger charge is -2.28. The molecule has 25 heavy (non-hydrogen) atoms. The third kappa shape index (κ3) is 3.32. The van der Waals surface area contributed by atoms with Gasteiger partial charge in [0, 0.05) is 29.4 Å². The van der Waals surface area contributed by atoms with Crippen molar-refractivity contribution in [3.8, 4) is 5.75 Å². The van der Waals surface area contributed by atoms with Crippen molar-refractivity contribution in [1.82, 2.24) is 9.55 Å². The molecular weight excluding hydrogens is 406 g/mol. The van der Waals surface area contributed by atoms with E-state index >= 15 is 0 Å². The molecule has 0 bridgehead atoms. The van der Waals surface area contributed by atoms with Crippen LogP contribution in [0.4, 0.5) is 5.82 Å². The molecule has 1 aliphatic heterocycles. The molecule has 0 unspecified atom stereocenters. The SMILES string of the molecule is CCSc1nc(=O)c2c(n1C)NC(=O)C[C@@H]2c1cc(Br)ccc1OC. The fourth-order valence-electron chi connectivity index (χ4n) is 3.04. The molecule has 0 radical (unpaired) electrons. The van der Waals surface area contributed by atoms with Crippen molar-refractivity contribution in [1.29, 1.82) is 0 Å². The van der Waals surface area contributed by atoms with Crippen LogP contribution in [0.25, 0.3) is 0 Å². The number of methoxy groups -OCH3 is 1. The zero-order chi connectivity index (χ0) is 18.1. The Bertz CT molecular complexity index is 897. The maximum Gasteiger partial charge on any atom is 0.279 e. The molecule has 2 aromatic rings. The normalized spacial score (nSPS) is 16.3. The van der Waals surface area contributed by atoms with Crippen molar-refractivity contribution in [2.75, 3.05) is 18.2 Å². The number of halogens is 1. The van der Waals surface area contributed by atoms with Crippen LogP contribution < -0.4 is 15.6 Å². The molecule has 0 fully saturated rings. The number of rotatable bonds is 4. The van der Waals surface area contributed by atoms with Gasteiger partial charge in [-0.2, -0.15) is 4.98 Å². The summed E-state index contributed by atoms with van der Waals surface area (Å²) in [5, 5.41) is 3.43. The number of fused-ring (bicyclic) bond motifs is 1. The van der Waals surface area contributed by atoms with Gasteiger partial charge in [-0.25, -0.2) is 0 Å². The number of benzene rings is 1. The Balaban J connectivity index is 2.24. The zero-order valence-electron chi connectivity index (χ0n) is 14.1. The van der Waals surface area contributed by atoms with Crippen LogP contribution in [0.2, 0.25) is 0 Å². The molecule has 1 amide bonds. The molecule has 2 heterocycles. The van der Waals surface area contributed by atoms with Crippen LogP contribution in [0.5, 0.6) is 5.75 Å². The number of amides is 1. The number of anilines is 1. The highest BCUT2D eigenvalue weighted by Crippen LogP contribution is 2.40. The Morgan fingerprint density at radius 2 is 2.20 bits per heavy atom. The van der Waals surface area contributed by atoms with Crippen molar-refractivity contribution < 1.29 is 9.53 Å². The molecular formula is C17H18BrN3O3S. The quantitative estimate of drug-likeness (QED) is 0.603. The number of hydrogen-bond donors (Lipinski definition) is 1. The molecule has 0 spiro atoms. The lowest BCUT2D eigenvalue weighted by Crippen LogP contribution is -2.33. The Hall–Kier alpha value is -1.80. The zero-order valence-corrected chi connectivity index (χ0v) is 16.5. The molecule has 0 saturated heterocycles. The first-order valence-corrected chi connectivity index (χ1v) is 9.61. The maximum absolute atomic E-state index is 12.7. The van der Waals surface area contributed by atoms with Gasteiger partial charge in [-0.15, -0.1) is 0 Å². The van der Waals surface area contributed by atoms with Gasteiger partial charge < -0.3 is 14.6 Å². The van der Waals surface area contributed by atoms with E-state index in [-0.39, 0.29) is 17.9 Å². The summed E-state index contributed by atoms with van der Waals surface area (Å²) < 4.78 is 8.09. The Morgan fingerprint density at radius 1 is 1.44 bits per heavy atom. The molecule has 0 saturated carbocycles. The summed E-state index contributed by atoms with van der Waals surface area (Å²) in [4.78, 5) is 29.3. The third-order valence-electron chi connectivity index (χ3n) is 4.14. The number of thioether (sulfide) groups is 1. The highest BCUT2D eigenvalue weighted by atomic mass is 79.9. The Kier molecular flexibility index (Phi) is 5.19. The van der Waals surface area contributed by atoms with Gasteiger partial charge in [0.2, 0.25) is 5.91 Å². The van der Waals surface area contributed by atoms with E-state index < -0.39 is 5.92 Å². The molecule has 0 aliphatic carbocycles. The summed E-state index contributed by atoms with van der Waals surface area (Å²) >= 11 is 4.92. The van der Waals surface area contributed by atoms with Gasteiger partial charge in [0.25, 0.3) is 5.56 Å². The van der Waals surface area contributed by atoms with Crippen molar-refractivity contribution in [3.05, 3.63) is 44.2 Å². The van der Waals surface area contributed by atoms with E-state index in [0.717, 1.165) is 15.8 Å². The van der Waals surface area contributed by atoms with Crippen LogP contribution in [-0.2, 0) is 11.8 Å². The topological polar surface area (TPSA) is 73.2 Å². The second-order valence-electron chi connectivity index (χ2n) is 5.65. The number of aromatic nitrogens is 2. The molecule has 1 N–H and O–H groups in total. The van der Waals surface area contributed by atoms with Gasteiger partial charge in [-0.1, -0.05) is 34.6 Å². The monoisotopic (exact) mass is 423 g/mol. The van der Waals surface area contributed by atoms with E-state index in [1.54, 1.807) is 11.7 Å². The molecule has 1 aromatic carbocycles. The van der Waals surface area contributed by atoms with Gasteiger partial charge in [-0.05, 0) is 24.0 Å². The van der Waals surface area contributed by atoms with Crippen LogP contribution in [0.15, 0.2) is 32.6 Å². The van der Waals surface area contributed by atoms with E-state index in [0.29, 0.717) is 22.3 Å². The smallest absolute Gasteiger partial charge is 0.279 e. The van der Waals surface area contributed by atoms with Crippen LogP contribution in [0.3, 0.4) is 0 Å². The lowest BCUT2D eigenvalue weighted by atomic mass is 9.86. The van der Waals surface area contributed by atoms with E-state index in [9.17, 15) is 9.59 Å². The first kappa shape index (κ1) is 18.0. The predicted octanol–water partition coefficient (Wildman–Crippen LogP) is 3.14. The van der Waals surface area contributed by atoms with Gasteiger partial charge in [0.15, 0.2) is 5.16 Å². The number of nitrogens with one attached hydrogen (secondary N) is 1. The largest absolute Gasteiger partial charge is 0.496 e. The summed E-state index contributed by atoms with van der Waals surface area (Å²) in [6.45, 7) is 1.99. The molecule has 8 heteroatoms. The summed E-state index contributed by atoms with van der Waals surface area (Å²) in [7, 11) is 3.39. The number of nitrogens with zero attached hydrogens (tertiary/aromatic N) is 2. The fourth-order valence-corrected chi connectivity index (χ4v) is 4.11. The first-order chi connectivity index (χ1) is 12.0. The van der Waals surface area contributed by atoms with Crippen molar-refractivity contribution in [2.45, 2.75) is 24.4 Å². The summed E-state index contributed by atoms with van der Waals surface area (Å²) in [5.74, 6) is 1.41. The van der Waals surface area contributed by atoms with Gasteiger partial charge in [-0.3, -0.25) is 9.59 Å². The van der Waals surface area contributed by atoms with Crippen LogP contribution >= 0.6 is 27.7 Å². The predicted molar refractivity (Wildman–Crippen MR) is 102 cm³/mol. The molecule has 1 aromatic heterocycles. The number of ether oxygens (including phenoxy) is 1. The standard InChI is InChI=1S/C17H18BrN3O3S/c1-4-25-17-20-16(23)14-11(8-13(22)19-15(14)21(17)2)10-7-9(18)5-6-12(10)24-3/h5-7,11H,4,8H2,1-3H3,(H,19,22)/t11-/m1/s1. The van der Waals surface area contributed by atoms with Crippen LogP contribution in [0, 0.1) is 0 Å². The second-order valence-corrected chi connectivity index (χ2v) is 7.79. The van der Waals surface area contributed by atoms with Crippen molar-refractivity contribution >= 4 is 39.4 Å². The maximum atomic E-state index is 12.7. The number of carbonyl (C=O) groups excluding carboxylic acids is 1. The fraction of sp³-hybridized carbons (Fsp3) is 0.353. The molecule has 6 nitrogen and oxygen atoms in total. The Morgan fingerprint density at radius 3 is 2.88 bits per heavy atom. The van der Waals surface area contributed by atoms with Crippen LogP contribution in [-0.4, -0.2) is 28.3 Å². The highest BCUT2D eigenvalue weighted by Gasteiger charge is 2.33. The molecule has 132 valence electrons. The molecule has 3 rings (SSSR count). The van der Waals surface area contributed by atoms with E-state index in [2.05, 4.69) is 26.2 Å². The summed E-state index contributed by atoms with van der Waals surface area (Å²) in [6, 6.07) is 5.58. The number of hydrogen-bond acceptors (Lipinski definition) is 5. The first-order valence-electron chi connectivity index (χ1n) is 7.83. The van der Waals surface area contributed by atoms with Gasteiger partial charge in [0.1, 0.15) is 11.6 Å². The number of carbonyl (C=O) groups is 1. The van der Waals surface area contributed by atoms with Crippen molar-refractivity contribution in [2.24, 2.45) is 7.05 Å². The average molecular weight is 424 g/mol. The van der Waals surface area contributed by atoms with Crippen LogP contribution in [0.1, 0.15) is 30.4 Å². The highest BCUT2D eigenvalue weighted by molar-refractivity contribution is 9.10. The van der Waals surface area contributed by atoms with Crippen molar-refractivity contribution in [3.63, 3.8) is 0 Å². The summed E-state index contributed by atoms with van der Waals surface area (Å²) in [5.41, 5.74) is 0.984. The minimum Gasteiger partial charge on any atom is -0.496 e. The second kappa shape index (κ2) is 7.21. The van der Waals surface area contributed by atoms with Gasteiger partial charge >= 0.3 is 0 Å². The minimum absolute atomic E-state index is 0.131.